The molecule has 0 bridgehead atoms. The number of unbranched alkanes of at least 4 members (excludes halogenated alkanes) is 3. The first-order valence-electron chi connectivity index (χ1n) is 14.2. The van der Waals surface area contributed by atoms with E-state index in [-0.39, 0.29) is 5.97 Å². The van der Waals surface area contributed by atoms with Crippen molar-refractivity contribution in [2.75, 3.05) is 0 Å². The zero-order valence-electron chi connectivity index (χ0n) is 22.0. The van der Waals surface area contributed by atoms with Crippen LogP contribution in [0.4, 0.5) is 0 Å². The molecule has 1 aliphatic carbocycles. The molecule has 190 valence electrons. The summed E-state index contributed by atoms with van der Waals surface area (Å²) in [6.45, 7) is 2.28. The van der Waals surface area contributed by atoms with Crippen LogP contribution in [-0.4, -0.2) is 5.97 Å². The number of rotatable bonds is 12. The van der Waals surface area contributed by atoms with Gasteiger partial charge in [0.2, 0.25) is 0 Å². The first-order valence-corrected chi connectivity index (χ1v) is 14.2. The summed E-state index contributed by atoms with van der Waals surface area (Å²) in [4.78, 5) is 12.3. The normalized spacial score (nSPS) is 17.6. The summed E-state index contributed by atoms with van der Waals surface area (Å²) in [5, 5.41) is 0. The van der Waals surface area contributed by atoms with E-state index in [1.54, 1.807) is 0 Å². The zero-order valence-corrected chi connectivity index (χ0v) is 22.0. The van der Waals surface area contributed by atoms with E-state index in [4.69, 9.17) is 4.74 Å². The largest absolute Gasteiger partial charge is 0.427 e. The second-order valence-electron chi connectivity index (χ2n) is 10.5. The molecule has 0 aromatic heterocycles. The number of hydrogen-bond donors (Lipinski definition) is 0. The lowest BCUT2D eigenvalue weighted by molar-refractivity contribution is -0.134. The van der Waals surface area contributed by atoms with Crippen LogP contribution in [0.15, 0.2) is 78.9 Å². The Kier molecular flexibility index (Phi) is 10.2. The Morgan fingerprint density at radius 2 is 1.44 bits per heavy atom. The predicted molar refractivity (Wildman–Crippen MR) is 150 cm³/mol. The van der Waals surface area contributed by atoms with Crippen LogP contribution < -0.4 is 4.74 Å². The molecule has 0 amide bonds. The maximum Gasteiger partial charge on any atom is 0.311 e. The fourth-order valence-corrected chi connectivity index (χ4v) is 5.55. The van der Waals surface area contributed by atoms with Crippen LogP contribution in [-0.2, 0) is 11.2 Å². The van der Waals surface area contributed by atoms with Crippen molar-refractivity contribution in [1.29, 1.82) is 0 Å². The number of benzene rings is 3. The topological polar surface area (TPSA) is 26.3 Å². The monoisotopic (exact) mass is 482 g/mol. The predicted octanol–water partition coefficient (Wildman–Crippen LogP) is 9.53. The molecule has 36 heavy (non-hydrogen) atoms. The van der Waals surface area contributed by atoms with Crippen LogP contribution in [0.2, 0.25) is 0 Å². The van der Waals surface area contributed by atoms with Crippen LogP contribution in [0.1, 0.15) is 94.6 Å². The number of hydrogen-bond acceptors (Lipinski definition) is 2. The summed E-state index contributed by atoms with van der Waals surface area (Å²) in [7, 11) is 0. The molecule has 0 heterocycles. The maximum absolute atomic E-state index is 12.3. The second-order valence-corrected chi connectivity index (χ2v) is 10.5. The molecule has 0 aliphatic heterocycles. The molecule has 0 saturated heterocycles. The van der Waals surface area contributed by atoms with E-state index in [0.717, 1.165) is 25.2 Å². The van der Waals surface area contributed by atoms with Crippen molar-refractivity contribution in [3.05, 3.63) is 90.0 Å². The first-order chi connectivity index (χ1) is 17.7. The molecule has 0 N–H and O–H groups in total. The Morgan fingerprint density at radius 1 is 0.750 bits per heavy atom. The third-order valence-electron chi connectivity index (χ3n) is 7.80. The summed E-state index contributed by atoms with van der Waals surface area (Å²) in [5.41, 5.74) is 5.20. The number of carbonyl (C=O) groups is 1. The van der Waals surface area contributed by atoms with E-state index in [2.05, 4.69) is 67.6 Å². The fraction of sp³-hybridized carbons (Fsp3) is 0.441. The van der Waals surface area contributed by atoms with Gasteiger partial charge in [0.05, 0.1) is 0 Å². The summed E-state index contributed by atoms with van der Waals surface area (Å²) in [5.74, 6) is 2.14. The number of esters is 1. The van der Waals surface area contributed by atoms with Crippen LogP contribution in [0.5, 0.6) is 5.75 Å². The molecule has 0 spiro atoms. The second kappa shape index (κ2) is 14.0. The molecule has 2 nitrogen and oxygen atoms in total. The molecule has 0 atom stereocenters. The van der Waals surface area contributed by atoms with Crippen LogP contribution in [0, 0.1) is 5.92 Å². The average Bonchev–Trinajstić information content (AvgIpc) is 2.93. The Morgan fingerprint density at radius 3 is 2.14 bits per heavy atom. The number of carbonyl (C=O) groups excluding carboxylic acids is 1. The summed E-state index contributed by atoms with van der Waals surface area (Å²) >= 11 is 0. The van der Waals surface area contributed by atoms with Gasteiger partial charge in [0.25, 0.3) is 0 Å². The molecular formula is C34H42O2. The third-order valence-corrected chi connectivity index (χ3v) is 7.80. The van der Waals surface area contributed by atoms with E-state index in [1.807, 2.05) is 18.2 Å². The third kappa shape index (κ3) is 8.08. The zero-order chi connectivity index (χ0) is 25.0. The minimum Gasteiger partial charge on any atom is -0.427 e. The van der Waals surface area contributed by atoms with Gasteiger partial charge < -0.3 is 4.74 Å². The van der Waals surface area contributed by atoms with Crippen molar-refractivity contribution >= 4 is 5.97 Å². The highest BCUT2D eigenvalue weighted by Gasteiger charge is 2.22. The molecule has 0 radical (unpaired) electrons. The van der Waals surface area contributed by atoms with Gasteiger partial charge in [0, 0.05) is 6.42 Å². The average molecular weight is 483 g/mol. The minimum absolute atomic E-state index is 0.130. The minimum atomic E-state index is -0.130. The van der Waals surface area contributed by atoms with Gasteiger partial charge in [0.1, 0.15) is 5.75 Å². The van der Waals surface area contributed by atoms with E-state index in [9.17, 15) is 4.79 Å². The van der Waals surface area contributed by atoms with Crippen LogP contribution >= 0.6 is 0 Å². The van der Waals surface area contributed by atoms with Crippen LogP contribution in [0.25, 0.3) is 11.1 Å². The lowest BCUT2D eigenvalue weighted by atomic mass is 9.77. The highest BCUT2D eigenvalue weighted by molar-refractivity contribution is 5.72. The Bertz CT molecular complexity index is 1030. The van der Waals surface area contributed by atoms with Crippen molar-refractivity contribution < 1.29 is 9.53 Å². The molecule has 4 rings (SSSR count). The molecule has 1 saturated carbocycles. The molecule has 3 aromatic rings. The van der Waals surface area contributed by atoms with Crippen molar-refractivity contribution in [1.82, 2.24) is 0 Å². The Labute approximate surface area is 218 Å². The van der Waals surface area contributed by atoms with Crippen molar-refractivity contribution in [3.63, 3.8) is 0 Å². The Balaban J connectivity index is 1.13. The number of ether oxygens (including phenoxy) is 1. The SMILES string of the molecule is CCCCC[C@H]1CC[C@H](c2ccc(OC(=O)CCCCc3ccc(-c4ccccc4)cc3)cc2)CC1. The molecule has 2 heteroatoms. The first kappa shape index (κ1) is 26.2. The quantitative estimate of drug-likeness (QED) is 0.146. The van der Waals surface area contributed by atoms with Crippen molar-refractivity contribution in [3.8, 4) is 16.9 Å². The van der Waals surface area contributed by atoms with E-state index in [1.165, 1.54) is 73.6 Å². The number of aryl methyl sites for hydroxylation is 1. The summed E-state index contributed by atoms with van der Waals surface area (Å²) in [6, 6.07) is 27.5. The summed E-state index contributed by atoms with van der Waals surface area (Å²) in [6.07, 6.45) is 14.1. The van der Waals surface area contributed by atoms with Gasteiger partial charge in [-0.15, -0.1) is 0 Å². The molecule has 1 aliphatic rings. The highest BCUT2D eigenvalue weighted by Crippen LogP contribution is 2.38. The lowest BCUT2D eigenvalue weighted by Gasteiger charge is -2.29. The van der Waals surface area contributed by atoms with Gasteiger partial charge >= 0.3 is 5.97 Å². The van der Waals surface area contributed by atoms with E-state index < -0.39 is 0 Å². The summed E-state index contributed by atoms with van der Waals surface area (Å²) < 4.78 is 5.61. The smallest absolute Gasteiger partial charge is 0.311 e. The highest BCUT2D eigenvalue weighted by atomic mass is 16.5. The van der Waals surface area contributed by atoms with Gasteiger partial charge in [-0.05, 0) is 91.2 Å². The van der Waals surface area contributed by atoms with Gasteiger partial charge in [-0.2, -0.15) is 0 Å². The lowest BCUT2D eigenvalue weighted by Crippen LogP contribution is -2.13. The van der Waals surface area contributed by atoms with E-state index in [0.29, 0.717) is 18.1 Å². The van der Waals surface area contributed by atoms with E-state index >= 15 is 0 Å². The van der Waals surface area contributed by atoms with Crippen molar-refractivity contribution in [2.45, 2.75) is 89.9 Å². The molecule has 0 unspecified atom stereocenters. The molecule has 1 fully saturated rings. The van der Waals surface area contributed by atoms with Gasteiger partial charge in [-0.1, -0.05) is 99.3 Å². The molecular weight excluding hydrogens is 440 g/mol. The van der Waals surface area contributed by atoms with Gasteiger partial charge in [0.15, 0.2) is 0 Å². The maximum atomic E-state index is 12.3. The van der Waals surface area contributed by atoms with Crippen molar-refractivity contribution in [2.24, 2.45) is 5.92 Å². The van der Waals surface area contributed by atoms with Gasteiger partial charge in [-0.25, -0.2) is 0 Å². The van der Waals surface area contributed by atoms with Crippen LogP contribution in [0.3, 0.4) is 0 Å². The Hall–Kier alpha value is -2.87. The fourth-order valence-electron chi connectivity index (χ4n) is 5.55. The van der Waals surface area contributed by atoms with Gasteiger partial charge in [-0.3, -0.25) is 4.79 Å². The standard InChI is InChI=1S/C34H42O2/c1-2-3-5-10-27-17-21-31(22-18-27)32-23-25-33(26-24-32)36-34(35)14-9-8-11-28-15-19-30(20-16-28)29-12-6-4-7-13-29/h4,6-7,12-13,15-16,19-20,23-27,31H,2-3,5,8-11,14,17-18,21-22H2,1H3/t27-,31-. The molecule has 3 aromatic carbocycles.